The molecule has 0 spiro atoms. The van der Waals surface area contributed by atoms with Gasteiger partial charge < -0.3 is 10.6 Å². The molecule has 0 atom stereocenters. The maximum atomic E-state index is 15.0. The summed E-state index contributed by atoms with van der Waals surface area (Å²) in [5, 5.41) is 5.86. The zero-order chi connectivity index (χ0) is 33.1. The van der Waals surface area contributed by atoms with Crippen LogP contribution in [0.1, 0.15) is 50.2 Å². The minimum Gasteiger partial charge on any atom is -0.338 e. The van der Waals surface area contributed by atoms with Gasteiger partial charge in [-0.3, -0.25) is 14.3 Å². The molecule has 11 heteroatoms. The Hall–Kier alpha value is -4.61. The molecule has 5 aromatic rings. The second-order valence-electron chi connectivity index (χ2n) is 11.9. The summed E-state index contributed by atoms with van der Waals surface area (Å²) >= 11 is 1.26. The lowest BCUT2D eigenvalue weighted by atomic mass is 9.94. The molecule has 0 unspecified atom stereocenters. The standard InChI is InChI=1S/C36H37F2N5O3S/c1-3-39-35(45)40-24-19-17-23(18-20-24)32-28(21-41(2)25-11-6-4-7-12-25)31-33(44)43(26-13-8-5-9-14-26)36(46)42(34(31)47-32)22-27-29(37)15-10-16-30(27)38/h5,8-10,13-20,25H,3-4,6-7,11-12,21-22H2,1-2H3,(H2,39,40,45). The Kier molecular flexibility index (Phi) is 9.65. The molecule has 0 saturated heterocycles. The number of urea groups is 1. The second kappa shape index (κ2) is 14.0. The Balaban J connectivity index is 1.59. The van der Waals surface area contributed by atoms with Crippen molar-refractivity contribution >= 4 is 33.3 Å². The van der Waals surface area contributed by atoms with Gasteiger partial charge in [0.05, 0.1) is 17.6 Å². The van der Waals surface area contributed by atoms with Crippen molar-refractivity contribution in [3.05, 3.63) is 116 Å². The number of benzene rings is 3. The van der Waals surface area contributed by atoms with Crippen LogP contribution >= 0.6 is 11.3 Å². The average Bonchev–Trinajstić information content (AvgIpc) is 3.44. The summed E-state index contributed by atoms with van der Waals surface area (Å²) in [6.45, 7) is 2.37. The SMILES string of the molecule is CCNC(=O)Nc1ccc(-c2sc3c(c2CN(C)C2CCCCC2)c(=O)n(-c2ccccc2)c(=O)n3Cc2c(F)cccc2F)cc1. The molecular formula is C36H37F2N5O3S. The van der Waals surface area contributed by atoms with E-state index in [1.54, 1.807) is 42.5 Å². The van der Waals surface area contributed by atoms with Gasteiger partial charge in [0.25, 0.3) is 5.56 Å². The van der Waals surface area contributed by atoms with Crippen molar-refractivity contribution in [3.8, 4) is 16.1 Å². The fourth-order valence-corrected chi connectivity index (χ4v) is 7.68. The van der Waals surface area contributed by atoms with Gasteiger partial charge in [0.15, 0.2) is 0 Å². The molecule has 8 nitrogen and oxygen atoms in total. The molecule has 2 heterocycles. The van der Waals surface area contributed by atoms with E-state index in [2.05, 4.69) is 22.6 Å². The van der Waals surface area contributed by atoms with Gasteiger partial charge in [0.2, 0.25) is 0 Å². The van der Waals surface area contributed by atoms with E-state index in [4.69, 9.17) is 0 Å². The molecule has 1 aliphatic carbocycles. The number of hydrogen-bond donors (Lipinski definition) is 2. The number of aromatic nitrogens is 2. The van der Waals surface area contributed by atoms with Gasteiger partial charge >= 0.3 is 11.7 Å². The van der Waals surface area contributed by atoms with E-state index in [1.807, 2.05) is 19.1 Å². The number of nitrogens with zero attached hydrogens (tertiary/aromatic N) is 3. The number of nitrogens with one attached hydrogen (secondary N) is 2. The number of hydrogen-bond acceptors (Lipinski definition) is 5. The van der Waals surface area contributed by atoms with Crippen molar-refractivity contribution in [3.63, 3.8) is 0 Å². The van der Waals surface area contributed by atoms with Crippen LogP contribution in [0.5, 0.6) is 0 Å². The lowest BCUT2D eigenvalue weighted by molar-refractivity contribution is 0.185. The van der Waals surface area contributed by atoms with Crippen LogP contribution in [0.25, 0.3) is 26.3 Å². The largest absolute Gasteiger partial charge is 0.338 e. The highest BCUT2D eigenvalue weighted by molar-refractivity contribution is 7.22. The van der Waals surface area contributed by atoms with Gasteiger partial charge in [0.1, 0.15) is 16.5 Å². The Morgan fingerprint density at radius 3 is 2.26 bits per heavy atom. The number of anilines is 1. The van der Waals surface area contributed by atoms with E-state index in [9.17, 15) is 14.4 Å². The summed E-state index contributed by atoms with van der Waals surface area (Å²) in [5.74, 6) is -1.54. The van der Waals surface area contributed by atoms with Gasteiger partial charge in [-0.1, -0.05) is 55.7 Å². The van der Waals surface area contributed by atoms with E-state index in [0.29, 0.717) is 40.7 Å². The zero-order valence-corrected chi connectivity index (χ0v) is 27.2. The average molecular weight is 658 g/mol. The van der Waals surface area contributed by atoms with Crippen molar-refractivity contribution in [2.45, 2.75) is 58.2 Å². The molecule has 6 rings (SSSR count). The van der Waals surface area contributed by atoms with Crippen molar-refractivity contribution in [2.24, 2.45) is 0 Å². The molecular weight excluding hydrogens is 620 g/mol. The summed E-state index contributed by atoms with van der Waals surface area (Å²) in [6.07, 6.45) is 5.59. The summed E-state index contributed by atoms with van der Waals surface area (Å²) in [4.78, 5) is 44.2. The van der Waals surface area contributed by atoms with Crippen LogP contribution in [0.15, 0.2) is 82.4 Å². The van der Waals surface area contributed by atoms with Gasteiger partial charge in [-0.25, -0.2) is 22.9 Å². The highest BCUT2D eigenvalue weighted by Crippen LogP contribution is 2.39. The normalized spacial score (nSPS) is 13.7. The maximum absolute atomic E-state index is 15.0. The predicted octanol–water partition coefficient (Wildman–Crippen LogP) is 7.11. The molecule has 1 fully saturated rings. The third-order valence-electron chi connectivity index (χ3n) is 8.81. The molecule has 1 saturated carbocycles. The number of thiophene rings is 1. The molecule has 2 N–H and O–H groups in total. The topological polar surface area (TPSA) is 88.4 Å². The van der Waals surface area contributed by atoms with Crippen LogP contribution in [0.2, 0.25) is 0 Å². The molecule has 47 heavy (non-hydrogen) atoms. The van der Waals surface area contributed by atoms with Crippen molar-refractivity contribution in [2.75, 3.05) is 18.9 Å². The summed E-state index contributed by atoms with van der Waals surface area (Å²) in [5.41, 5.74) is 1.09. The number of amides is 2. The Labute approximate surface area is 275 Å². The van der Waals surface area contributed by atoms with Gasteiger partial charge in [-0.2, -0.15) is 0 Å². The first kappa shape index (κ1) is 32.3. The smallest absolute Gasteiger partial charge is 0.337 e. The van der Waals surface area contributed by atoms with Crippen LogP contribution in [0.4, 0.5) is 19.3 Å². The van der Waals surface area contributed by atoms with Crippen LogP contribution in [0.3, 0.4) is 0 Å². The van der Waals surface area contributed by atoms with Crippen LogP contribution < -0.4 is 21.9 Å². The van der Waals surface area contributed by atoms with Crippen LogP contribution in [-0.2, 0) is 13.1 Å². The fraction of sp³-hybridized carbons (Fsp3) is 0.306. The minimum absolute atomic E-state index is 0.259. The molecule has 1 aliphatic rings. The predicted molar refractivity (Wildman–Crippen MR) is 184 cm³/mol. The molecule has 0 bridgehead atoms. The van der Waals surface area contributed by atoms with Crippen LogP contribution in [0, 0.1) is 11.6 Å². The van der Waals surface area contributed by atoms with Crippen molar-refractivity contribution in [1.29, 1.82) is 0 Å². The monoisotopic (exact) mass is 657 g/mol. The van der Waals surface area contributed by atoms with E-state index < -0.39 is 29.4 Å². The van der Waals surface area contributed by atoms with Gasteiger partial charge in [0, 0.05) is 35.3 Å². The molecule has 2 aromatic heterocycles. The summed E-state index contributed by atoms with van der Waals surface area (Å²) in [6, 6.07) is 19.5. The van der Waals surface area contributed by atoms with Gasteiger partial charge in [-0.15, -0.1) is 11.3 Å². The Bertz CT molecular complexity index is 2000. The van der Waals surface area contributed by atoms with Crippen molar-refractivity contribution in [1.82, 2.24) is 19.4 Å². The molecule has 2 amide bonds. The number of carbonyl (C=O) groups is 1. The van der Waals surface area contributed by atoms with E-state index in [0.717, 1.165) is 58.4 Å². The molecule has 0 aliphatic heterocycles. The Morgan fingerprint density at radius 1 is 0.915 bits per heavy atom. The lowest BCUT2D eigenvalue weighted by Gasteiger charge is -2.31. The summed E-state index contributed by atoms with van der Waals surface area (Å²) < 4.78 is 32.4. The number of rotatable bonds is 9. The first-order valence-electron chi connectivity index (χ1n) is 15.9. The van der Waals surface area contributed by atoms with Crippen molar-refractivity contribution < 1.29 is 13.6 Å². The fourth-order valence-electron chi connectivity index (χ4n) is 6.38. The highest BCUT2D eigenvalue weighted by Gasteiger charge is 2.27. The first-order chi connectivity index (χ1) is 22.8. The van der Waals surface area contributed by atoms with Crippen LogP contribution in [-0.4, -0.2) is 39.7 Å². The zero-order valence-electron chi connectivity index (χ0n) is 26.4. The summed E-state index contributed by atoms with van der Waals surface area (Å²) in [7, 11) is 2.06. The second-order valence-corrected chi connectivity index (χ2v) is 12.9. The number of fused-ring (bicyclic) bond motifs is 1. The third-order valence-corrected chi connectivity index (χ3v) is 10.1. The molecule has 3 aromatic carbocycles. The van der Waals surface area contributed by atoms with Gasteiger partial charge in [-0.05, 0) is 74.3 Å². The molecule has 0 radical (unpaired) electrons. The molecule has 244 valence electrons. The third kappa shape index (κ3) is 6.63. The quantitative estimate of drug-likeness (QED) is 0.177. The number of carbonyl (C=O) groups excluding carboxylic acids is 1. The van der Waals surface area contributed by atoms with E-state index >= 15 is 8.78 Å². The van der Waals surface area contributed by atoms with E-state index in [1.165, 1.54) is 28.4 Å². The maximum Gasteiger partial charge on any atom is 0.337 e. The first-order valence-corrected chi connectivity index (χ1v) is 16.7. The Morgan fingerprint density at radius 2 is 1.60 bits per heavy atom. The number of para-hydroxylation sites is 1. The van der Waals surface area contributed by atoms with E-state index in [-0.39, 0.29) is 11.6 Å². The highest BCUT2D eigenvalue weighted by atomic mass is 32.1. The number of halogens is 2. The lowest BCUT2D eigenvalue weighted by Crippen LogP contribution is -2.39. The minimum atomic E-state index is -0.772.